The summed E-state index contributed by atoms with van der Waals surface area (Å²) in [4.78, 5) is 4.16. The lowest BCUT2D eigenvalue weighted by molar-refractivity contribution is -0.00120. The van der Waals surface area contributed by atoms with Crippen LogP contribution < -0.4 is 10.1 Å². The minimum absolute atomic E-state index is 0.0952. The third kappa shape index (κ3) is 2.30. The lowest BCUT2D eigenvalue weighted by Gasteiger charge is -2.23. The average Bonchev–Trinajstić information content (AvgIpc) is 2.85. The molecule has 6 nitrogen and oxygen atoms in total. The number of aryl methyl sites for hydroxylation is 1. The summed E-state index contributed by atoms with van der Waals surface area (Å²) in [5.41, 5.74) is 1.90. The Labute approximate surface area is 105 Å². The Hall–Kier alpha value is -1.66. The van der Waals surface area contributed by atoms with Gasteiger partial charge in [-0.1, -0.05) is 0 Å². The molecule has 96 valence electrons. The lowest BCUT2D eigenvalue weighted by Crippen LogP contribution is -2.41. The predicted molar refractivity (Wildman–Crippen MR) is 65.8 cm³/mol. The normalized spacial score (nSPS) is 20.2. The molecule has 3 heterocycles. The summed E-state index contributed by atoms with van der Waals surface area (Å²) in [5, 5.41) is 7.42. The van der Waals surface area contributed by atoms with Gasteiger partial charge in [0.2, 0.25) is 5.88 Å². The van der Waals surface area contributed by atoms with Crippen LogP contribution in [0.25, 0.3) is 5.65 Å². The summed E-state index contributed by atoms with van der Waals surface area (Å²) in [6.07, 6.45) is 1.62. The summed E-state index contributed by atoms with van der Waals surface area (Å²) in [6, 6.07) is 3.93. The Kier molecular flexibility index (Phi) is 3.12. The van der Waals surface area contributed by atoms with E-state index in [-0.39, 0.29) is 6.10 Å². The number of hydrogen-bond donors (Lipinski definition) is 1. The van der Waals surface area contributed by atoms with E-state index in [2.05, 4.69) is 15.4 Å². The van der Waals surface area contributed by atoms with E-state index in [9.17, 15) is 0 Å². The monoisotopic (exact) mass is 248 g/mol. The highest BCUT2D eigenvalue weighted by Crippen LogP contribution is 2.16. The highest BCUT2D eigenvalue weighted by molar-refractivity contribution is 5.43. The van der Waals surface area contributed by atoms with Crippen molar-refractivity contribution in [3.05, 3.63) is 24.0 Å². The third-order valence-electron chi connectivity index (χ3n) is 2.91. The van der Waals surface area contributed by atoms with Gasteiger partial charge in [0.25, 0.3) is 0 Å². The second kappa shape index (κ2) is 4.91. The van der Waals surface area contributed by atoms with E-state index in [0.29, 0.717) is 12.5 Å². The molecule has 0 aliphatic carbocycles. The molecule has 6 heteroatoms. The fourth-order valence-corrected chi connectivity index (χ4v) is 2.03. The zero-order chi connectivity index (χ0) is 12.4. The number of morpholine rings is 1. The zero-order valence-electron chi connectivity index (χ0n) is 10.3. The first-order chi connectivity index (χ1) is 8.83. The van der Waals surface area contributed by atoms with E-state index >= 15 is 0 Å². The number of fused-ring (bicyclic) bond motifs is 1. The molecule has 18 heavy (non-hydrogen) atoms. The maximum atomic E-state index is 5.79. The predicted octanol–water partition coefficient (Wildman–Crippen LogP) is 0.405. The maximum absolute atomic E-state index is 5.79. The van der Waals surface area contributed by atoms with E-state index in [1.165, 1.54) is 6.33 Å². The van der Waals surface area contributed by atoms with Crippen LogP contribution >= 0.6 is 0 Å². The molecule has 0 bridgehead atoms. The van der Waals surface area contributed by atoms with Crippen molar-refractivity contribution in [1.82, 2.24) is 19.9 Å². The molecule has 1 aliphatic heterocycles. The van der Waals surface area contributed by atoms with Crippen molar-refractivity contribution in [2.75, 3.05) is 26.3 Å². The lowest BCUT2D eigenvalue weighted by atomic mass is 10.3. The molecular formula is C12H16N4O2. The highest BCUT2D eigenvalue weighted by atomic mass is 16.5. The van der Waals surface area contributed by atoms with Gasteiger partial charge in [0.1, 0.15) is 19.0 Å². The van der Waals surface area contributed by atoms with Gasteiger partial charge in [0.15, 0.2) is 5.65 Å². The Balaban J connectivity index is 1.75. The topological polar surface area (TPSA) is 60.7 Å². The van der Waals surface area contributed by atoms with Crippen LogP contribution in [0, 0.1) is 6.92 Å². The van der Waals surface area contributed by atoms with E-state index in [4.69, 9.17) is 9.47 Å². The Bertz CT molecular complexity index is 534. The SMILES string of the molecule is Cc1cc(OCC2CNCCO2)n2ncnc2c1. The molecule has 0 saturated carbocycles. The molecule has 1 fully saturated rings. The minimum Gasteiger partial charge on any atom is -0.475 e. The van der Waals surface area contributed by atoms with Crippen molar-refractivity contribution in [2.45, 2.75) is 13.0 Å². The second-order valence-electron chi connectivity index (χ2n) is 4.41. The van der Waals surface area contributed by atoms with Crippen LogP contribution in [-0.4, -0.2) is 47.0 Å². The zero-order valence-corrected chi connectivity index (χ0v) is 10.3. The molecular weight excluding hydrogens is 232 g/mol. The number of hydrogen-bond acceptors (Lipinski definition) is 5. The van der Waals surface area contributed by atoms with Crippen molar-refractivity contribution in [1.29, 1.82) is 0 Å². The smallest absolute Gasteiger partial charge is 0.216 e. The number of nitrogens with one attached hydrogen (secondary N) is 1. The van der Waals surface area contributed by atoms with Crippen molar-refractivity contribution >= 4 is 5.65 Å². The van der Waals surface area contributed by atoms with Gasteiger partial charge in [0, 0.05) is 19.2 Å². The van der Waals surface area contributed by atoms with Crippen LogP contribution in [-0.2, 0) is 4.74 Å². The molecule has 1 atom stereocenters. The van der Waals surface area contributed by atoms with Gasteiger partial charge in [-0.05, 0) is 18.6 Å². The molecule has 2 aromatic heterocycles. The molecule has 1 aliphatic rings. The molecule has 2 aromatic rings. The first-order valence-corrected chi connectivity index (χ1v) is 6.08. The van der Waals surface area contributed by atoms with Gasteiger partial charge in [0.05, 0.1) is 6.61 Å². The van der Waals surface area contributed by atoms with E-state index in [0.717, 1.165) is 30.9 Å². The fourth-order valence-electron chi connectivity index (χ4n) is 2.03. The van der Waals surface area contributed by atoms with Crippen LogP contribution in [0.3, 0.4) is 0 Å². The van der Waals surface area contributed by atoms with Crippen LogP contribution in [0.5, 0.6) is 5.88 Å². The summed E-state index contributed by atoms with van der Waals surface area (Å²) in [5.74, 6) is 0.705. The standard InChI is InChI=1S/C12H16N4O2/c1-9-4-11-14-8-15-16(11)12(5-9)18-7-10-6-13-2-3-17-10/h4-5,8,10,13H,2-3,6-7H2,1H3. The number of aromatic nitrogens is 3. The number of nitrogens with zero attached hydrogens (tertiary/aromatic N) is 3. The van der Waals surface area contributed by atoms with Gasteiger partial charge in [-0.3, -0.25) is 0 Å². The quantitative estimate of drug-likeness (QED) is 0.852. The fraction of sp³-hybridized carbons (Fsp3) is 0.500. The summed E-state index contributed by atoms with van der Waals surface area (Å²) < 4.78 is 13.1. The average molecular weight is 248 g/mol. The first kappa shape index (κ1) is 11.4. The van der Waals surface area contributed by atoms with Crippen LogP contribution in [0.15, 0.2) is 18.5 Å². The van der Waals surface area contributed by atoms with Crippen LogP contribution in [0.4, 0.5) is 0 Å². The van der Waals surface area contributed by atoms with Crippen molar-refractivity contribution in [2.24, 2.45) is 0 Å². The number of pyridine rings is 1. The summed E-state index contributed by atoms with van der Waals surface area (Å²) in [7, 11) is 0. The molecule has 3 rings (SSSR count). The molecule has 1 N–H and O–H groups in total. The molecule has 0 amide bonds. The van der Waals surface area contributed by atoms with Gasteiger partial charge in [-0.25, -0.2) is 4.98 Å². The number of ether oxygens (including phenoxy) is 2. The molecule has 0 aromatic carbocycles. The first-order valence-electron chi connectivity index (χ1n) is 6.08. The van der Waals surface area contributed by atoms with Gasteiger partial charge < -0.3 is 14.8 Å². The summed E-state index contributed by atoms with van der Waals surface area (Å²) in [6.45, 7) is 5.01. The van der Waals surface area contributed by atoms with Gasteiger partial charge in [-0.2, -0.15) is 9.61 Å². The van der Waals surface area contributed by atoms with Gasteiger partial charge in [-0.15, -0.1) is 0 Å². The Morgan fingerprint density at radius 3 is 3.33 bits per heavy atom. The maximum Gasteiger partial charge on any atom is 0.216 e. The van der Waals surface area contributed by atoms with Crippen LogP contribution in [0.1, 0.15) is 5.56 Å². The van der Waals surface area contributed by atoms with Crippen LogP contribution in [0.2, 0.25) is 0 Å². The molecule has 0 radical (unpaired) electrons. The van der Waals surface area contributed by atoms with Crippen molar-refractivity contribution in [3.63, 3.8) is 0 Å². The largest absolute Gasteiger partial charge is 0.475 e. The van der Waals surface area contributed by atoms with E-state index in [1.54, 1.807) is 4.52 Å². The highest BCUT2D eigenvalue weighted by Gasteiger charge is 2.15. The third-order valence-corrected chi connectivity index (χ3v) is 2.91. The summed E-state index contributed by atoms with van der Waals surface area (Å²) >= 11 is 0. The second-order valence-corrected chi connectivity index (χ2v) is 4.41. The Morgan fingerprint density at radius 1 is 1.56 bits per heavy atom. The van der Waals surface area contributed by atoms with Crippen molar-refractivity contribution < 1.29 is 9.47 Å². The number of rotatable bonds is 3. The van der Waals surface area contributed by atoms with Crippen molar-refractivity contribution in [3.8, 4) is 5.88 Å². The van der Waals surface area contributed by atoms with E-state index < -0.39 is 0 Å². The van der Waals surface area contributed by atoms with E-state index in [1.807, 2.05) is 19.1 Å². The molecule has 0 spiro atoms. The Morgan fingerprint density at radius 2 is 2.50 bits per heavy atom. The minimum atomic E-state index is 0.0952. The van der Waals surface area contributed by atoms with Gasteiger partial charge >= 0.3 is 0 Å². The molecule has 1 saturated heterocycles. The molecule has 1 unspecified atom stereocenters.